The summed E-state index contributed by atoms with van der Waals surface area (Å²) in [7, 11) is 1.42. The number of benzene rings is 1. The van der Waals surface area contributed by atoms with Gasteiger partial charge >= 0.3 is 5.97 Å². The molecule has 1 atom stereocenters. The molecule has 0 bridgehead atoms. The van der Waals surface area contributed by atoms with Gasteiger partial charge in [0.1, 0.15) is 6.04 Å². The van der Waals surface area contributed by atoms with Gasteiger partial charge in [-0.05, 0) is 40.3 Å². The summed E-state index contributed by atoms with van der Waals surface area (Å²) in [6.45, 7) is 2.58. The van der Waals surface area contributed by atoms with Gasteiger partial charge in [-0.25, -0.2) is 0 Å². The summed E-state index contributed by atoms with van der Waals surface area (Å²) in [5.74, 6) is -0.222. The number of ether oxygens (including phenoxy) is 2. The molecule has 0 amide bonds. The van der Waals surface area contributed by atoms with Crippen LogP contribution >= 0.6 is 22.6 Å². The Morgan fingerprint density at radius 3 is 2.89 bits per heavy atom. The minimum atomic E-state index is -0.289. The van der Waals surface area contributed by atoms with Crippen LogP contribution in [0.5, 0.6) is 0 Å². The second-order valence-electron chi connectivity index (χ2n) is 4.21. The van der Waals surface area contributed by atoms with Gasteiger partial charge in [0.2, 0.25) is 0 Å². The highest BCUT2D eigenvalue weighted by molar-refractivity contribution is 14.1. The normalized spacial score (nSPS) is 20.7. The van der Waals surface area contributed by atoms with E-state index in [1.165, 1.54) is 16.2 Å². The number of morpholine rings is 1. The van der Waals surface area contributed by atoms with Gasteiger partial charge < -0.3 is 9.47 Å². The van der Waals surface area contributed by atoms with Crippen LogP contribution in [0.4, 0.5) is 0 Å². The van der Waals surface area contributed by atoms with E-state index < -0.39 is 0 Å². The summed E-state index contributed by atoms with van der Waals surface area (Å²) >= 11 is 2.28. The van der Waals surface area contributed by atoms with Crippen molar-refractivity contribution in [1.29, 1.82) is 0 Å². The Kier molecular flexibility index (Phi) is 4.96. The first-order valence-corrected chi connectivity index (χ1v) is 6.92. The maximum absolute atomic E-state index is 11.7. The van der Waals surface area contributed by atoms with Crippen molar-refractivity contribution in [2.24, 2.45) is 0 Å². The highest BCUT2D eigenvalue weighted by Gasteiger charge is 2.30. The second kappa shape index (κ2) is 6.49. The molecule has 1 unspecified atom stereocenters. The molecule has 0 N–H and O–H groups in total. The fourth-order valence-electron chi connectivity index (χ4n) is 2.00. The van der Waals surface area contributed by atoms with Crippen LogP contribution in [0.25, 0.3) is 0 Å². The molecular weight excluding hydrogens is 345 g/mol. The standard InChI is InChI=1S/C13H16INO3/c1-17-13(16)12-9-18-7-6-15(12)8-10-2-4-11(14)5-3-10/h2-5,12H,6-9H2,1H3. The van der Waals surface area contributed by atoms with Gasteiger partial charge in [0.25, 0.3) is 0 Å². The molecule has 98 valence electrons. The molecule has 1 aliphatic rings. The zero-order valence-corrected chi connectivity index (χ0v) is 12.4. The van der Waals surface area contributed by atoms with Crippen LogP contribution in [-0.4, -0.2) is 43.8 Å². The number of nitrogens with zero attached hydrogens (tertiary/aromatic N) is 1. The smallest absolute Gasteiger partial charge is 0.325 e. The predicted octanol–water partition coefficient (Wildman–Crippen LogP) is 1.66. The van der Waals surface area contributed by atoms with Gasteiger partial charge in [-0.1, -0.05) is 12.1 Å². The van der Waals surface area contributed by atoms with E-state index in [9.17, 15) is 4.79 Å². The Morgan fingerprint density at radius 2 is 2.22 bits per heavy atom. The minimum Gasteiger partial charge on any atom is -0.468 e. The van der Waals surface area contributed by atoms with Gasteiger partial charge in [-0.15, -0.1) is 0 Å². The maximum Gasteiger partial charge on any atom is 0.325 e. The quantitative estimate of drug-likeness (QED) is 0.607. The molecule has 4 nitrogen and oxygen atoms in total. The van der Waals surface area contributed by atoms with Crippen LogP contribution in [0.1, 0.15) is 5.56 Å². The monoisotopic (exact) mass is 361 g/mol. The minimum absolute atomic E-state index is 0.222. The van der Waals surface area contributed by atoms with E-state index in [-0.39, 0.29) is 12.0 Å². The van der Waals surface area contributed by atoms with Crippen LogP contribution in [0.3, 0.4) is 0 Å². The fraction of sp³-hybridized carbons (Fsp3) is 0.462. The zero-order valence-electron chi connectivity index (χ0n) is 10.3. The van der Waals surface area contributed by atoms with E-state index in [2.05, 4.69) is 51.8 Å². The molecule has 0 spiro atoms. The third kappa shape index (κ3) is 3.43. The largest absolute Gasteiger partial charge is 0.468 e. The average Bonchev–Trinajstić information content (AvgIpc) is 2.41. The van der Waals surface area contributed by atoms with Gasteiger partial charge in [-0.2, -0.15) is 0 Å². The molecule has 18 heavy (non-hydrogen) atoms. The molecule has 1 aromatic rings. The lowest BCUT2D eigenvalue weighted by atomic mass is 10.1. The Morgan fingerprint density at radius 1 is 1.50 bits per heavy atom. The average molecular weight is 361 g/mol. The van der Waals surface area contributed by atoms with Gasteiger partial charge in [0.05, 0.1) is 20.3 Å². The molecule has 0 aliphatic carbocycles. The van der Waals surface area contributed by atoms with Gasteiger partial charge in [-0.3, -0.25) is 9.69 Å². The molecule has 1 saturated heterocycles. The van der Waals surface area contributed by atoms with Crippen LogP contribution in [-0.2, 0) is 20.8 Å². The van der Waals surface area contributed by atoms with Crippen LogP contribution in [0, 0.1) is 3.57 Å². The molecule has 0 saturated carbocycles. The number of hydrogen-bond donors (Lipinski definition) is 0. The molecule has 2 rings (SSSR count). The van der Waals surface area contributed by atoms with Crippen LogP contribution < -0.4 is 0 Å². The molecule has 1 aliphatic heterocycles. The van der Waals surface area contributed by atoms with E-state index in [1.54, 1.807) is 0 Å². The Labute approximate surface area is 120 Å². The van der Waals surface area contributed by atoms with Crippen molar-refractivity contribution in [3.05, 3.63) is 33.4 Å². The highest BCUT2D eigenvalue weighted by Crippen LogP contribution is 2.14. The Hall–Kier alpha value is -0.660. The molecule has 1 fully saturated rings. The number of rotatable bonds is 3. The van der Waals surface area contributed by atoms with Crippen molar-refractivity contribution in [1.82, 2.24) is 4.90 Å². The summed E-state index contributed by atoms with van der Waals surface area (Å²) in [6.07, 6.45) is 0. The molecular formula is C13H16INO3. The van der Waals surface area contributed by atoms with Crippen molar-refractivity contribution in [2.45, 2.75) is 12.6 Å². The number of esters is 1. The van der Waals surface area contributed by atoms with E-state index in [4.69, 9.17) is 9.47 Å². The lowest BCUT2D eigenvalue weighted by Gasteiger charge is -2.33. The van der Waals surface area contributed by atoms with Crippen molar-refractivity contribution < 1.29 is 14.3 Å². The van der Waals surface area contributed by atoms with E-state index in [1.807, 2.05) is 0 Å². The Bertz CT molecular complexity index is 407. The van der Waals surface area contributed by atoms with E-state index in [0.717, 1.165) is 13.1 Å². The summed E-state index contributed by atoms with van der Waals surface area (Å²) in [5, 5.41) is 0. The van der Waals surface area contributed by atoms with Crippen molar-refractivity contribution in [3.63, 3.8) is 0 Å². The van der Waals surface area contributed by atoms with Gasteiger partial charge in [0, 0.05) is 16.7 Å². The van der Waals surface area contributed by atoms with Gasteiger partial charge in [0.15, 0.2) is 0 Å². The van der Waals surface area contributed by atoms with Crippen molar-refractivity contribution in [2.75, 3.05) is 26.9 Å². The summed E-state index contributed by atoms with van der Waals surface area (Å²) in [4.78, 5) is 13.8. The molecule has 0 aromatic heterocycles. The van der Waals surface area contributed by atoms with Crippen molar-refractivity contribution >= 4 is 28.6 Å². The first kappa shape index (κ1) is 13.8. The first-order valence-electron chi connectivity index (χ1n) is 5.85. The summed E-state index contributed by atoms with van der Waals surface area (Å²) in [6, 6.07) is 8.03. The lowest BCUT2D eigenvalue weighted by Crippen LogP contribution is -2.49. The predicted molar refractivity (Wildman–Crippen MR) is 76.2 cm³/mol. The maximum atomic E-state index is 11.7. The summed E-state index contributed by atoms with van der Waals surface area (Å²) < 4.78 is 11.4. The van der Waals surface area contributed by atoms with E-state index >= 15 is 0 Å². The van der Waals surface area contributed by atoms with Crippen molar-refractivity contribution in [3.8, 4) is 0 Å². The number of halogens is 1. The summed E-state index contributed by atoms with van der Waals surface area (Å²) in [5.41, 5.74) is 1.20. The highest BCUT2D eigenvalue weighted by atomic mass is 127. The van der Waals surface area contributed by atoms with Crippen LogP contribution in [0.2, 0.25) is 0 Å². The number of carbonyl (C=O) groups excluding carboxylic acids is 1. The zero-order chi connectivity index (χ0) is 13.0. The number of carbonyl (C=O) groups is 1. The molecule has 0 radical (unpaired) electrons. The second-order valence-corrected chi connectivity index (χ2v) is 5.46. The lowest BCUT2D eigenvalue weighted by molar-refractivity contribution is -0.153. The Balaban J connectivity index is 2.05. The van der Waals surface area contributed by atoms with Crippen LogP contribution in [0.15, 0.2) is 24.3 Å². The number of hydrogen-bond acceptors (Lipinski definition) is 4. The van der Waals surface area contributed by atoms with E-state index in [0.29, 0.717) is 13.2 Å². The SMILES string of the molecule is COC(=O)C1COCCN1Cc1ccc(I)cc1. The molecule has 5 heteroatoms. The fourth-order valence-corrected chi connectivity index (χ4v) is 2.36. The molecule has 1 aromatic carbocycles. The number of methoxy groups -OCH3 is 1. The molecule has 1 heterocycles. The first-order chi connectivity index (χ1) is 8.70. The third-order valence-corrected chi connectivity index (χ3v) is 3.73. The third-order valence-electron chi connectivity index (χ3n) is 3.01. The topological polar surface area (TPSA) is 38.8 Å².